The zero-order chi connectivity index (χ0) is 10.5. The maximum Gasteiger partial charge on any atom is -0.00201 e. The van der Waals surface area contributed by atoms with Crippen LogP contribution in [0.15, 0.2) is 48.5 Å². The molecular formula is C16H8. The summed E-state index contributed by atoms with van der Waals surface area (Å²) in [4.78, 5) is 0. The smallest absolute Gasteiger partial charge is 0.00201 e. The Bertz CT molecular complexity index is 667. The Morgan fingerprint density at radius 2 is 1.56 bits per heavy atom. The molecule has 0 aliphatic rings. The predicted octanol–water partition coefficient (Wildman–Crippen LogP) is 4.18. The van der Waals surface area contributed by atoms with E-state index in [-0.39, 0.29) is 0 Å². The SMILES string of the molecule is [c]1ccc2c[c]c3cccc4ccc1c2c34. The quantitative estimate of drug-likeness (QED) is 0.373. The molecule has 0 unspecified atom stereocenters. The Balaban J connectivity index is 2.51. The van der Waals surface area contributed by atoms with E-state index in [2.05, 4.69) is 54.6 Å². The fourth-order valence-electron chi connectivity index (χ4n) is 2.50. The lowest BCUT2D eigenvalue weighted by Crippen LogP contribution is -1.82. The van der Waals surface area contributed by atoms with Crippen LogP contribution in [-0.4, -0.2) is 0 Å². The van der Waals surface area contributed by atoms with Crippen LogP contribution < -0.4 is 0 Å². The summed E-state index contributed by atoms with van der Waals surface area (Å²) >= 11 is 0. The van der Waals surface area contributed by atoms with E-state index in [1.165, 1.54) is 32.3 Å². The second-order valence-corrected chi connectivity index (χ2v) is 4.11. The summed E-state index contributed by atoms with van der Waals surface area (Å²) in [5, 5.41) is 7.54. The molecule has 0 atom stereocenters. The first-order chi connectivity index (χ1) is 7.93. The summed E-state index contributed by atoms with van der Waals surface area (Å²) in [6.45, 7) is 0. The Morgan fingerprint density at radius 1 is 0.688 bits per heavy atom. The topological polar surface area (TPSA) is 0 Å². The Morgan fingerprint density at radius 3 is 2.56 bits per heavy atom. The molecule has 4 rings (SSSR count). The molecule has 0 heterocycles. The van der Waals surface area contributed by atoms with Gasteiger partial charge in [-0.05, 0) is 50.5 Å². The van der Waals surface area contributed by atoms with Crippen molar-refractivity contribution < 1.29 is 0 Å². The van der Waals surface area contributed by atoms with Crippen molar-refractivity contribution in [3.05, 3.63) is 60.7 Å². The van der Waals surface area contributed by atoms with E-state index in [4.69, 9.17) is 0 Å². The molecule has 0 saturated carbocycles. The highest BCUT2D eigenvalue weighted by Gasteiger charge is 2.06. The van der Waals surface area contributed by atoms with E-state index in [1.54, 1.807) is 0 Å². The highest BCUT2D eigenvalue weighted by Crippen LogP contribution is 2.33. The van der Waals surface area contributed by atoms with Gasteiger partial charge in [0.05, 0.1) is 0 Å². The van der Waals surface area contributed by atoms with Gasteiger partial charge in [-0.3, -0.25) is 0 Å². The fourth-order valence-corrected chi connectivity index (χ4v) is 2.50. The maximum atomic E-state index is 3.35. The van der Waals surface area contributed by atoms with Crippen LogP contribution >= 0.6 is 0 Å². The molecule has 4 aromatic carbocycles. The minimum Gasteiger partial charge on any atom is -0.0610 e. The molecule has 0 heteroatoms. The Hall–Kier alpha value is -2.08. The molecule has 0 fully saturated rings. The number of benzene rings is 4. The third kappa shape index (κ3) is 0.892. The highest BCUT2D eigenvalue weighted by atomic mass is 14.1. The Kier molecular flexibility index (Phi) is 1.39. The van der Waals surface area contributed by atoms with Crippen molar-refractivity contribution in [1.29, 1.82) is 0 Å². The van der Waals surface area contributed by atoms with Crippen LogP contribution in [0, 0.1) is 12.1 Å². The number of hydrogen-bond acceptors (Lipinski definition) is 0. The molecule has 0 aliphatic heterocycles. The first-order valence-electron chi connectivity index (χ1n) is 5.39. The lowest BCUT2D eigenvalue weighted by Gasteiger charge is -2.09. The van der Waals surface area contributed by atoms with Crippen molar-refractivity contribution >= 4 is 32.3 Å². The summed E-state index contributed by atoms with van der Waals surface area (Å²) in [5.41, 5.74) is 0. The van der Waals surface area contributed by atoms with Crippen LogP contribution in [0.25, 0.3) is 32.3 Å². The van der Waals surface area contributed by atoms with Gasteiger partial charge in [0, 0.05) is 0 Å². The summed E-state index contributed by atoms with van der Waals surface area (Å²) in [6, 6.07) is 23.5. The van der Waals surface area contributed by atoms with Gasteiger partial charge in [-0.1, -0.05) is 42.5 Å². The fraction of sp³-hybridized carbons (Fsp3) is 0. The van der Waals surface area contributed by atoms with E-state index in [9.17, 15) is 0 Å². The molecule has 0 aliphatic carbocycles. The van der Waals surface area contributed by atoms with Crippen LogP contribution in [0.4, 0.5) is 0 Å². The van der Waals surface area contributed by atoms with Gasteiger partial charge in [-0.15, -0.1) is 0 Å². The summed E-state index contributed by atoms with van der Waals surface area (Å²) < 4.78 is 0. The van der Waals surface area contributed by atoms with Gasteiger partial charge in [-0.25, -0.2) is 0 Å². The van der Waals surface area contributed by atoms with Gasteiger partial charge in [0.15, 0.2) is 0 Å². The lowest BCUT2D eigenvalue weighted by molar-refractivity contribution is 1.76. The van der Waals surface area contributed by atoms with Crippen LogP contribution in [0.2, 0.25) is 0 Å². The lowest BCUT2D eigenvalue weighted by atomic mass is 9.95. The van der Waals surface area contributed by atoms with Gasteiger partial charge < -0.3 is 0 Å². The number of hydrogen-bond donors (Lipinski definition) is 0. The van der Waals surface area contributed by atoms with E-state index in [1.807, 2.05) is 6.07 Å². The summed E-state index contributed by atoms with van der Waals surface area (Å²) in [7, 11) is 0. The third-order valence-corrected chi connectivity index (χ3v) is 3.22. The zero-order valence-corrected chi connectivity index (χ0v) is 8.62. The molecule has 0 nitrogen and oxygen atoms in total. The zero-order valence-electron chi connectivity index (χ0n) is 8.62. The molecule has 0 aromatic heterocycles. The maximum absolute atomic E-state index is 3.35. The van der Waals surface area contributed by atoms with Crippen molar-refractivity contribution in [2.75, 3.05) is 0 Å². The second-order valence-electron chi connectivity index (χ2n) is 4.11. The monoisotopic (exact) mass is 200 g/mol. The second kappa shape index (κ2) is 2.73. The van der Waals surface area contributed by atoms with Crippen molar-refractivity contribution in [1.82, 2.24) is 0 Å². The molecule has 72 valence electrons. The summed E-state index contributed by atoms with van der Waals surface area (Å²) in [6.07, 6.45) is 0. The van der Waals surface area contributed by atoms with Crippen molar-refractivity contribution in [3.63, 3.8) is 0 Å². The first-order valence-corrected chi connectivity index (χ1v) is 5.39. The average Bonchev–Trinajstić information content (AvgIpc) is 2.36. The molecule has 2 radical (unpaired) electrons. The van der Waals surface area contributed by atoms with E-state index in [0.717, 1.165) is 0 Å². The third-order valence-electron chi connectivity index (χ3n) is 3.22. The molecule has 0 N–H and O–H groups in total. The highest BCUT2D eigenvalue weighted by molar-refractivity contribution is 6.22. The molecule has 16 heavy (non-hydrogen) atoms. The number of rotatable bonds is 0. The van der Waals surface area contributed by atoms with Crippen LogP contribution in [-0.2, 0) is 0 Å². The molecular weight excluding hydrogens is 192 g/mol. The van der Waals surface area contributed by atoms with Crippen molar-refractivity contribution in [2.24, 2.45) is 0 Å². The first kappa shape index (κ1) is 8.12. The molecule has 0 amide bonds. The van der Waals surface area contributed by atoms with E-state index >= 15 is 0 Å². The van der Waals surface area contributed by atoms with E-state index in [0.29, 0.717) is 0 Å². The predicted molar refractivity (Wildman–Crippen MR) is 67.8 cm³/mol. The Labute approximate surface area is 93.5 Å². The van der Waals surface area contributed by atoms with Crippen LogP contribution in [0.5, 0.6) is 0 Å². The largest absolute Gasteiger partial charge is 0.0610 e. The summed E-state index contributed by atoms with van der Waals surface area (Å²) in [5.74, 6) is 0. The van der Waals surface area contributed by atoms with Gasteiger partial charge in [0.2, 0.25) is 0 Å². The van der Waals surface area contributed by atoms with Gasteiger partial charge >= 0.3 is 0 Å². The van der Waals surface area contributed by atoms with E-state index < -0.39 is 0 Å². The standard InChI is InChI=1S/C16H8/c1-3-11-7-9-13-5-2-6-14-10-8-12(4-1)15(11)16(13)14/h1-5,8-10H. The normalized spacial score (nSPS) is 11.8. The van der Waals surface area contributed by atoms with Gasteiger partial charge in [-0.2, -0.15) is 0 Å². The van der Waals surface area contributed by atoms with Crippen LogP contribution in [0.1, 0.15) is 0 Å². The minimum atomic E-state index is 1.19. The van der Waals surface area contributed by atoms with Gasteiger partial charge in [0.25, 0.3) is 0 Å². The van der Waals surface area contributed by atoms with Gasteiger partial charge in [0.1, 0.15) is 0 Å². The molecule has 0 saturated heterocycles. The molecule has 0 bridgehead atoms. The molecule has 4 aromatic rings. The van der Waals surface area contributed by atoms with Crippen molar-refractivity contribution in [3.8, 4) is 0 Å². The minimum absolute atomic E-state index is 1.19. The van der Waals surface area contributed by atoms with Crippen LogP contribution in [0.3, 0.4) is 0 Å². The van der Waals surface area contributed by atoms with Crippen molar-refractivity contribution in [2.45, 2.75) is 0 Å². The average molecular weight is 200 g/mol. The molecule has 0 spiro atoms.